The summed E-state index contributed by atoms with van der Waals surface area (Å²) in [5, 5.41) is 0. The number of carbonyl (C=O) groups excluding carboxylic acids is 2. The van der Waals surface area contributed by atoms with Gasteiger partial charge in [0, 0.05) is 51.7 Å². The zero-order valence-electron chi connectivity index (χ0n) is 17.1. The lowest BCUT2D eigenvalue weighted by molar-refractivity contribution is -0.142. The third kappa shape index (κ3) is 4.50. The largest absolute Gasteiger partial charge is 0.497 e. The summed E-state index contributed by atoms with van der Waals surface area (Å²) in [6.07, 6.45) is 5.07. The van der Waals surface area contributed by atoms with Crippen molar-refractivity contribution in [2.45, 2.75) is 50.7 Å². The maximum absolute atomic E-state index is 12.9. The molecule has 0 saturated carbocycles. The van der Waals surface area contributed by atoms with E-state index in [1.54, 1.807) is 25.3 Å². The second-order valence-corrected chi connectivity index (χ2v) is 8.01. The fourth-order valence-corrected chi connectivity index (χ4v) is 4.34. The second kappa shape index (κ2) is 9.03. The minimum Gasteiger partial charge on any atom is -0.497 e. The van der Waals surface area contributed by atoms with Crippen LogP contribution in [-0.4, -0.2) is 73.7 Å². The van der Waals surface area contributed by atoms with Crippen molar-refractivity contribution in [3.8, 4) is 11.5 Å². The lowest BCUT2D eigenvalue weighted by Gasteiger charge is -2.33. The number of likely N-dealkylation sites (tertiary alicyclic amines) is 2. The molecule has 1 aromatic rings. The molecule has 3 saturated heterocycles. The van der Waals surface area contributed by atoms with E-state index in [0.717, 1.165) is 51.6 Å². The Morgan fingerprint density at radius 3 is 2.41 bits per heavy atom. The number of benzene rings is 1. The highest BCUT2D eigenvalue weighted by atomic mass is 16.5. The van der Waals surface area contributed by atoms with E-state index >= 15 is 0 Å². The average molecular weight is 402 g/mol. The summed E-state index contributed by atoms with van der Waals surface area (Å²) in [5.74, 6) is 1.37. The fourth-order valence-electron chi connectivity index (χ4n) is 4.34. The number of carbonyl (C=O) groups is 2. The Balaban J connectivity index is 1.41. The van der Waals surface area contributed by atoms with Crippen LogP contribution < -0.4 is 9.47 Å². The van der Waals surface area contributed by atoms with E-state index in [1.807, 2.05) is 9.80 Å². The molecule has 0 N–H and O–H groups in total. The van der Waals surface area contributed by atoms with Crippen molar-refractivity contribution in [1.82, 2.24) is 9.80 Å². The molecule has 1 atom stereocenters. The third-order valence-electron chi connectivity index (χ3n) is 6.06. The maximum atomic E-state index is 12.9. The van der Waals surface area contributed by atoms with Gasteiger partial charge in [-0.3, -0.25) is 9.59 Å². The molecule has 7 nitrogen and oxygen atoms in total. The highest BCUT2D eigenvalue weighted by molar-refractivity contribution is 5.97. The first-order valence-corrected chi connectivity index (χ1v) is 10.7. The topological polar surface area (TPSA) is 68.3 Å². The Bertz CT molecular complexity index is 733. The molecule has 3 aliphatic heterocycles. The molecule has 158 valence electrons. The molecule has 3 aliphatic rings. The summed E-state index contributed by atoms with van der Waals surface area (Å²) in [5.41, 5.74) is 0.588. The Labute approximate surface area is 171 Å². The smallest absolute Gasteiger partial charge is 0.257 e. The highest BCUT2D eigenvalue weighted by Crippen LogP contribution is 2.30. The molecule has 1 aromatic carbocycles. The molecule has 3 heterocycles. The number of nitrogens with zero attached hydrogens (tertiary/aromatic N) is 2. The highest BCUT2D eigenvalue weighted by Gasteiger charge is 2.32. The molecule has 0 aliphatic carbocycles. The van der Waals surface area contributed by atoms with Crippen LogP contribution in [0.5, 0.6) is 11.5 Å². The first-order chi connectivity index (χ1) is 14.2. The molecule has 29 heavy (non-hydrogen) atoms. The summed E-state index contributed by atoms with van der Waals surface area (Å²) >= 11 is 0. The molecule has 2 amide bonds. The lowest BCUT2D eigenvalue weighted by atomic mass is 10.1. The third-order valence-corrected chi connectivity index (χ3v) is 6.06. The van der Waals surface area contributed by atoms with Gasteiger partial charge < -0.3 is 24.0 Å². The van der Waals surface area contributed by atoms with Crippen LogP contribution in [0.2, 0.25) is 0 Å². The van der Waals surface area contributed by atoms with E-state index in [2.05, 4.69) is 0 Å². The first kappa shape index (κ1) is 20.0. The number of methoxy groups -OCH3 is 1. The molecular formula is C22H30N2O5. The Morgan fingerprint density at radius 1 is 1.00 bits per heavy atom. The molecule has 0 radical (unpaired) electrons. The van der Waals surface area contributed by atoms with Gasteiger partial charge in [-0.15, -0.1) is 0 Å². The zero-order valence-corrected chi connectivity index (χ0v) is 17.1. The number of amides is 2. The van der Waals surface area contributed by atoms with Crippen LogP contribution in [0.25, 0.3) is 0 Å². The van der Waals surface area contributed by atoms with Crippen LogP contribution in [0.3, 0.4) is 0 Å². The van der Waals surface area contributed by atoms with Gasteiger partial charge in [0.2, 0.25) is 0 Å². The van der Waals surface area contributed by atoms with Crippen molar-refractivity contribution in [3.05, 3.63) is 23.8 Å². The lowest BCUT2D eigenvalue weighted by Crippen LogP contribution is -2.46. The SMILES string of the molecule is COc1ccc(C(=O)N2CCCC2)c(OC2CCN(C(=O)C3CCCO3)CC2)c1. The van der Waals surface area contributed by atoms with Gasteiger partial charge in [-0.2, -0.15) is 0 Å². The molecule has 7 heteroatoms. The van der Waals surface area contributed by atoms with Gasteiger partial charge in [0.25, 0.3) is 11.8 Å². The number of rotatable bonds is 5. The van der Waals surface area contributed by atoms with Crippen molar-refractivity contribution >= 4 is 11.8 Å². The number of piperidine rings is 1. The zero-order chi connectivity index (χ0) is 20.2. The molecule has 1 unspecified atom stereocenters. The predicted molar refractivity (Wildman–Crippen MR) is 107 cm³/mol. The van der Waals surface area contributed by atoms with Crippen molar-refractivity contribution in [2.24, 2.45) is 0 Å². The van der Waals surface area contributed by atoms with Gasteiger partial charge in [-0.05, 0) is 37.8 Å². The second-order valence-electron chi connectivity index (χ2n) is 8.01. The van der Waals surface area contributed by atoms with Crippen molar-refractivity contribution in [1.29, 1.82) is 0 Å². The van der Waals surface area contributed by atoms with E-state index < -0.39 is 0 Å². The number of hydrogen-bond acceptors (Lipinski definition) is 5. The van der Waals surface area contributed by atoms with Gasteiger partial charge in [0.05, 0.1) is 12.7 Å². The molecule has 0 aromatic heterocycles. The van der Waals surface area contributed by atoms with Crippen LogP contribution in [0.15, 0.2) is 18.2 Å². The van der Waals surface area contributed by atoms with E-state index in [4.69, 9.17) is 14.2 Å². The van der Waals surface area contributed by atoms with Gasteiger partial charge in [-0.25, -0.2) is 0 Å². The van der Waals surface area contributed by atoms with E-state index in [-0.39, 0.29) is 24.0 Å². The van der Waals surface area contributed by atoms with Crippen LogP contribution in [0, 0.1) is 0 Å². The monoisotopic (exact) mass is 402 g/mol. The van der Waals surface area contributed by atoms with Crippen molar-refractivity contribution in [3.63, 3.8) is 0 Å². The first-order valence-electron chi connectivity index (χ1n) is 10.7. The maximum Gasteiger partial charge on any atom is 0.257 e. The van der Waals surface area contributed by atoms with Crippen LogP contribution in [0.1, 0.15) is 48.9 Å². The number of hydrogen-bond donors (Lipinski definition) is 0. The normalized spacial score (nSPS) is 22.7. The average Bonchev–Trinajstić information content (AvgIpc) is 3.47. The fraction of sp³-hybridized carbons (Fsp3) is 0.636. The van der Waals surface area contributed by atoms with Crippen molar-refractivity contribution < 1.29 is 23.8 Å². The standard InChI is InChI=1S/C22H30N2O5/c1-27-17-6-7-18(21(25)23-10-2-3-11-23)20(15-17)29-16-8-12-24(13-9-16)22(26)19-5-4-14-28-19/h6-7,15-16,19H,2-5,8-14H2,1H3. The van der Waals surface area contributed by atoms with Gasteiger partial charge in [0.15, 0.2) is 0 Å². The quantitative estimate of drug-likeness (QED) is 0.757. The Kier molecular flexibility index (Phi) is 6.23. The summed E-state index contributed by atoms with van der Waals surface area (Å²) < 4.78 is 17.1. The van der Waals surface area contributed by atoms with E-state index in [1.165, 1.54) is 0 Å². The van der Waals surface area contributed by atoms with E-state index in [9.17, 15) is 9.59 Å². The Morgan fingerprint density at radius 2 is 1.76 bits per heavy atom. The van der Waals surface area contributed by atoms with Gasteiger partial charge in [0.1, 0.15) is 23.7 Å². The molecule has 0 spiro atoms. The van der Waals surface area contributed by atoms with Crippen molar-refractivity contribution in [2.75, 3.05) is 39.9 Å². The summed E-state index contributed by atoms with van der Waals surface area (Å²) in [4.78, 5) is 29.2. The molecule has 3 fully saturated rings. The molecular weight excluding hydrogens is 372 g/mol. The molecule has 4 rings (SSSR count). The van der Waals surface area contributed by atoms with Gasteiger partial charge in [-0.1, -0.05) is 0 Å². The molecule has 0 bridgehead atoms. The number of ether oxygens (including phenoxy) is 3. The summed E-state index contributed by atoms with van der Waals surface area (Å²) in [7, 11) is 1.61. The minimum atomic E-state index is -0.268. The van der Waals surface area contributed by atoms with E-state index in [0.29, 0.717) is 36.8 Å². The van der Waals surface area contributed by atoms with Gasteiger partial charge >= 0.3 is 0 Å². The Hall–Kier alpha value is -2.28. The predicted octanol–water partition coefficient (Wildman–Crippen LogP) is 2.48. The van der Waals surface area contributed by atoms with Crippen LogP contribution in [-0.2, 0) is 9.53 Å². The van der Waals surface area contributed by atoms with Crippen LogP contribution >= 0.6 is 0 Å². The minimum absolute atomic E-state index is 0.0196. The summed E-state index contributed by atoms with van der Waals surface area (Å²) in [6.45, 7) is 3.59. The van der Waals surface area contributed by atoms with Crippen LogP contribution in [0.4, 0.5) is 0 Å². The summed E-state index contributed by atoms with van der Waals surface area (Å²) in [6, 6.07) is 5.40.